The number of nitrogens with zero attached hydrogens (tertiary/aromatic N) is 2. The third-order valence-electron chi connectivity index (χ3n) is 6.72. The molecule has 5 rings (SSSR count). The van der Waals surface area contributed by atoms with Crippen molar-refractivity contribution in [2.24, 2.45) is 11.1 Å². The summed E-state index contributed by atoms with van der Waals surface area (Å²) in [4.78, 5) is 19.9. The maximum Gasteiger partial charge on any atom is 0.223 e. The van der Waals surface area contributed by atoms with E-state index in [1.165, 1.54) is 0 Å². The number of anilines is 1. The summed E-state index contributed by atoms with van der Waals surface area (Å²) in [5.41, 5.74) is 9.16. The molecule has 0 bridgehead atoms. The Labute approximate surface area is 173 Å². The first-order valence-corrected chi connectivity index (χ1v) is 9.99. The minimum Gasteiger partial charge on any atom is -0.369 e. The van der Waals surface area contributed by atoms with E-state index in [1.54, 1.807) is 12.3 Å². The molecule has 146 valence electrons. The van der Waals surface area contributed by atoms with Crippen LogP contribution in [-0.2, 0) is 10.2 Å². The van der Waals surface area contributed by atoms with Gasteiger partial charge in [0, 0.05) is 57.4 Å². The lowest BCUT2D eigenvalue weighted by Gasteiger charge is -2.27. The normalized spacial score (nSPS) is 25.1. The number of primary amides is 1. The summed E-state index contributed by atoms with van der Waals surface area (Å²) in [5.74, 6) is 0.522. The zero-order valence-corrected chi connectivity index (χ0v) is 16.7. The summed E-state index contributed by atoms with van der Waals surface area (Å²) in [6.07, 6.45) is 5.91. The van der Waals surface area contributed by atoms with E-state index in [0.29, 0.717) is 23.6 Å². The number of H-pyrrole nitrogens is 1. The Kier molecular flexibility index (Phi) is 3.71. The molecule has 29 heavy (non-hydrogen) atoms. The quantitative estimate of drug-likeness (QED) is 0.596. The fourth-order valence-corrected chi connectivity index (χ4v) is 5.50. The second-order valence-electron chi connectivity index (χ2n) is 8.52. The first-order chi connectivity index (χ1) is 13.9. The standard InChI is InChI=1S/C22H20ClN5O/c1-21(20(25)29)4-5-22(10-21)11-28-19-17(22)18(23)15(9-27-19)14-8-26-16-3-2-12(7-24)6-13(14)16/h2-3,6,8-9,26H,4-5,10-11H2,1H3,(H2,25,29)(H,27,28). The van der Waals surface area contributed by atoms with Crippen molar-refractivity contribution >= 4 is 34.2 Å². The Morgan fingerprint density at radius 2 is 2.17 bits per heavy atom. The van der Waals surface area contributed by atoms with Crippen molar-refractivity contribution in [2.75, 3.05) is 11.9 Å². The number of nitriles is 1. The Morgan fingerprint density at radius 1 is 1.34 bits per heavy atom. The lowest BCUT2D eigenvalue weighted by molar-refractivity contribution is -0.126. The number of carbonyl (C=O) groups excluding carboxylic acids is 1. The molecule has 0 radical (unpaired) electrons. The monoisotopic (exact) mass is 405 g/mol. The molecule has 1 aliphatic heterocycles. The minimum absolute atomic E-state index is 0.247. The van der Waals surface area contributed by atoms with Gasteiger partial charge in [0.25, 0.3) is 0 Å². The summed E-state index contributed by atoms with van der Waals surface area (Å²) in [6.45, 7) is 2.64. The SMILES string of the molecule is CC1(C(N)=O)CCC2(CNc3ncc(-c4c[nH]c5ccc(C#N)cc45)c(Cl)c32)C1. The number of hydrogen-bond donors (Lipinski definition) is 3. The number of nitrogens with one attached hydrogen (secondary N) is 2. The van der Waals surface area contributed by atoms with E-state index in [1.807, 2.05) is 25.3 Å². The van der Waals surface area contributed by atoms with E-state index in [-0.39, 0.29) is 11.3 Å². The van der Waals surface area contributed by atoms with E-state index in [2.05, 4.69) is 21.4 Å². The van der Waals surface area contributed by atoms with Crippen LogP contribution < -0.4 is 11.1 Å². The second-order valence-corrected chi connectivity index (χ2v) is 8.90. The predicted octanol–water partition coefficient (Wildman–Crippen LogP) is 4.09. The molecule has 2 atom stereocenters. The fourth-order valence-electron chi connectivity index (χ4n) is 5.06. The van der Waals surface area contributed by atoms with Crippen LogP contribution in [0.4, 0.5) is 5.82 Å². The van der Waals surface area contributed by atoms with E-state index in [0.717, 1.165) is 46.3 Å². The van der Waals surface area contributed by atoms with Crippen LogP contribution in [0.25, 0.3) is 22.0 Å². The number of aromatic amines is 1. The van der Waals surface area contributed by atoms with Crippen LogP contribution in [0.15, 0.2) is 30.6 Å². The van der Waals surface area contributed by atoms with Crippen molar-refractivity contribution in [1.82, 2.24) is 9.97 Å². The van der Waals surface area contributed by atoms with E-state index in [9.17, 15) is 10.1 Å². The van der Waals surface area contributed by atoms with Gasteiger partial charge in [-0.2, -0.15) is 5.26 Å². The molecular weight excluding hydrogens is 386 g/mol. The van der Waals surface area contributed by atoms with Crippen LogP contribution in [0.2, 0.25) is 5.02 Å². The molecule has 1 amide bonds. The molecule has 1 aliphatic carbocycles. The second kappa shape index (κ2) is 5.98. The molecule has 1 fully saturated rings. The molecule has 0 saturated heterocycles. The molecule has 2 aromatic heterocycles. The van der Waals surface area contributed by atoms with Crippen molar-refractivity contribution in [2.45, 2.75) is 31.6 Å². The van der Waals surface area contributed by atoms with Crippen LogP contribution in [0.3, 0.4) is 0 Å². The van der Waals surface area contributed by atoms with Crippen molar-refractivity contribution in [3.63, 3.8) is 0 Å². The highest BCUT2D eigenvalue weighted by Crippen LogP contribution is 2.57. The van der Waals surface area contributed by atoms with Gasteiger partial charge in [-0.15, -0.1) is 0 Å². The number of pyridine rings is 1. The maximum absolute atomic E-state index is 12.0. The Morgan fingerprint density at radius 3 is 2.90 bits per heavy atom. The van der Waals surface area contributed by atoms with Gasteiger partial charge in [0.05, 0.1) is 16.7 Å². The molecule has 2 aliphatic rings. The van der Waals surface area contributed by atoms with Crippen LogP contribution in [-0.4, -0.2) is 22.4 Å². The van der Waals surface area contributed by atoms with Gasteiger partial charge in [-0.05, 0) is 37.5 Å². The number of rotatable bonds is 2. The number of aromatic nitrogens is 2. The van der Waals surface area contributed by atoms with Gasteiger partial charge < -0.3 is 16.0 Å². The molecular formula is C22H20ClN5O. The fraction of sp³-hybridized carbons (Fsp3) is 0.318. The van der Waals surface area contributed by atoms with E-state index in [4.69, 9.17) is 17.3 Å². The molecule has 1 spiro atoms. The number of hydrogen-bond acceptors (Lipinski definition) is 4. The summed E-state index contributed by atoms with van der Waals surface area (Å²) >= 11 is 6.99. The van der Waals surface area contributed by atoms with Crippen LogP contribution in [0.5, 0.6) is 0 Å². The summed E-state index contributed by atoms with van der Waals surface area (Å²) in [6, 6.07) is 7.72. The van der Waals surface area contributed by atoms with Crippen molar-refractivity contribution in [3.05, 3.63) is 46.7 Å². The Bertz CT molecular complexity index is 1230. The first kappa shape index (κ1) is 18.0. The predicted molar refractivity (Wildman–Crippen MR) is 113 cm³/mol. The number of fused-ring (bicyclic) bond motifs is 3. The number of halogens is 1. The van der Waals surface area contributed by atoms with Gasteiger partial charge in [0.15, 0.2) is 0 Å². The lowest BCUT2D eigenvalue weighted by atomic mass is 9.76. The molecule has 1 saturated carbocycles. The zero-order chi connectivity index (χ0) is 20.4. The summed E-state index contributed by atoms with van der Waals surface area (Å²) in [5, 5.41) is 14.2. The molecule has 3 aromatic rings. The third-order valence-corrected chi connectivity index (χ3v) is 7.11. The molecule has 4 N–H and O–H groups in total. The Balaban J connectivity index is 1.67. The largest absolute Gasteiger partial charge is 0.369 e. The van der Waals surface area contributed by atoms with E-state index < -0.39 is 5.41 Å². The van der Waals surface area contributed by atoms with Crippen LogP contribution in [0, 0.1) is 16.7 Å². The smallest absolute Gasteiger partial charge is 0.223 e. The van der Waals surface area contributed by atoms with E-state index >= 15 is 0 Å². The van der Waals surface area contributed by atoms with Crippen LogP contribution in [0.1, 0.15) is 37.3 Å². The topological polar surface area (TPSA) is 108 Å². The average Bonchev–Trinajstić information content (AvgIpc) is 3.39. The van der Waals surface area contributed by atoms with Crippen LogP contribution >= 0.6 is 11.6 Å². The molecule has 6 nitrogen and oxygen atoms in total. The highest BCUT2D eigenvalue weighted by Gasteiger charge is 2.53. The summed E-state index contributed by atoms with van der Waals surface area (Å²) < 4.78 is 0. The van der Waals surface area contributed by atoms with Gasteiger partial charge >= 0.3 is 0 Å². The molecule has 2 unspecified atom stereocenters. The first-order valence-electron chi connectivity index (χ1n) is 9.61. The van der Waals surface area contributed by atoms with Crippen molar-refractivity contribution in [1.29, 1.82) is 5.26 Å². The van der Waals surface area contributed by atoms with Gasteiger partial charge in [0.2, 0.25) is 5.91 Å². The van der Waals surface area contributed by atoms with Gasteiger partial charge in [-0.25, -0.2) is 4.98 Å². The zero-order valence-electron chi connectivity index (χ0n) is 16.0. The van der Waals surface area contributed by atoms with Crippen molar-refractivity contribution < 1.29 is 4.79 Å². The minimum atomic E-state index is -0.537. The third kappa shape index (κ3) is 2.47. The highest BCUT2D eigenvalue weighted by molar-refractivity contribution is 6.35. The number of benzene rings is 1. The number of amides is 1. The molecule has 1 aromatic carbocycles. The van der Waals surface area contributed by atoms with Gasteiger partial charge in [-0.3, -0.25) is 4.79 Å². The average molecular weight is 406 g/mol. The molecule has 7 heteroatoms. The van der Waals surface area contributed by atoms with Crippen molar-refractivity contribution in [3.8, 4) is 17.2 Å². The highest BCUT2D eigenvalue weighted by atomic mass is 35.5. The number of nitrogens with two attached hydrogens (primary N) is 1. The Hall–Kier alpha value is -3.04. The summed E-state index contributed by atoms with van der Waals surface area (Å²) in [7, 11) is 0. The lowest BCUT2D eigenvalue weighted by Crippen LogP contribution is -2.35. The van der Waals surface area contributed by atoms with Gasteiger partial charge in [-0.1, -0.05) is 18.5 Å². The number of carbonyl (C=O) groups is 1. The van der Waals surface area contributed by atoms with Gasteiger partial charge in [0.1, 0.15) is 5.82 Å². The molecule has 3 heterocycles. The maximum atomic E-state index is 12.0.